The molecule has 0 bridgehead atoms. The molecule has 1 amide bonds. The molecule has 0 saturated carbocycles. The summed E-state index contributed by atoms with van der Waals surface area (Å²) >= 11 is 0. The van der Waals surface area contributed by atoms with E-state index in [0.29, 0.717) is 12.5 Å². The predicted octanol–water partition coefficient (Wildman–Crippen LogP) is 3.44. The number of nitrogens with two attached hydrogens (primary N) is 1. The van der Waals surface area contributed by atoms with Crippen LogP contribution in [0.3, 0.4) is 0 Å². The van der Waals surface area contributed by atoms with Crippen molar-refractivity contribution in [1.29, 1.82) is 0 Å². The van der Waals surface area contributed by atoms with Gasteiger partial charge in [-0.1, -0.05) is 57.5 Å². The fourth-order valence-electron chi connectivity index (χ4n) is 3.19. The van der Waals surface area contributed by atoms with Crippen LogP contribution >= 0.6 is 12.4 Å². The van der Waals surface area contributed by atoms with Gasteiger partial charge in [-0.05, 0) is 29.9 Å². The summed E-state index contributed by atoms with van der Waals surface area (Å²) in [5, 5.41) is 0. The largest absolute Gasteiger partial charge is 0.342 e. The van der Waals surface area contributed by atoms with Crippen molar-refractivity contribution in [1.82, 2.24) is 4.90 Å². The van der Waals surface area contributed by atoms with Gasteiger partial charge in [0.25, 0.3) is 0 Å². The zero-order valence-corrected chi connectivity index (χ0v) is 14.7. The third-order valence-electron chi connectivity index (χ3n) is 5.00. The van der Waals surface area contributed by atoms with Crippen molar-refractivity contribution in [3.8, 4) is 0 Å². The molecule has 1 aromatic rings. The van der Waals surface area contributed by atoms with Gasteiger partial charge in [-0.2, -0.15) is 0 Å². The molecular weight excluding hydrogens is 296 g/mol. The first-order valence-corrected chi connectivity index (χ1v) is 8.04. The molecule has 3 nitrogen and oxygen atoms in total. The highest BCUT2D eigenvalue weighted by atomic mass is 35.5. The predicted molar refractivity (Wildman–Crippen MR) is 94.2 cm³/mol. The van der Waals surface area contributed by atoms with Crippen LogP contribution in [0.1, 0.15) is 45.1 Å². The Hall–Kier alpha value is -1.06. The number of hydrogen-bond donors (Lipinski definition) is 1. The molecule has 124 valence electrons. The van der Waals surface area contributed by atoms with E-state index >= 15 is 0 Å². The Labute approximate surface area is 140 Å². The van der Waals surface area contributed by atoms with Crippen molar-refractivity contribution in [2.45, 2.75) is 39.5 Å². The molecule has 3 atom stereocenters. The highest BCUT2D eigenvalue weighted by Crippen LogP contribution is 2.34. The number of halogens is 1. The summed E-state index contributed by atoms with van der Waals surface area (Å²) in [6.07, 6.45) is 2.02. The highest BCUT2D eigenvalue weighted by molar-refractivity contribution is 5.85. The number of nitrogens with zero attached hydrogens (tertiary/aromatic N) is 1. The van der Waals surface area contributed by atoms with Crippen LogP contribution in [0, 0.1) is 11.3 Å². The van der Waals surface area contributed by atoms with Crippen LogP contribution in [0.15, 0.2) is 30.3 Å². The van der Waals surface area contributed by atoms with E-state index in [1.807, 2.05) is 23.1 Å². The topological polar surface area (TPSA) is 46.3 Å². The summed E-state index contributed by atoms with van der Waals surface area (Å²) in [5.41, 5.74) is 7.09. The average molecular weight is 325 g/mol. The van der Waals surface area contributed by atoms with E-state index in [4.69, 9.17) is 5.73 Å². The molecule has 1 saturated heterocycles. The summed E-state index contributed by atoms with van der Waals surface area (Å²) in [5.74, 6) is 0.591. The first-order valence-electron chi connectivity index (χ1n) is 8.04. The molecule has 0 spiro atoms. The maximum absolute atomic E-state index is 13.0. The molecule has 3 unspecified atom stereocenters. The Balaban J connectivity index is 0.00000242. The Morgan fingerprint density at radius 1 is 1.36 bits per heavy atom. The minimum Gasteiger partial charge on any atom is -0.342 e. The number of carbonyl (C=O) groups is 1. The third-order valence-corrected chi connectivity index (χ3v) is 5.00. The highest BCUT2D eigenvalue weighted by Gasteiger charge is 2.38. The number of hydrogen-bond acceptors (Lipinski definition) is 2. The quantitative estimate of drug-likeness (QED) is 0.902. The fraction of sp³-hybridized carbons (Fsp3) is 0.611. The van der Waals surface area contributed by atoms with Crippen LogP contribution in [0.5, 0.6) is 0 Å². The lowest BCUT2D eigenvalue weighted by molar-refractivity contribution is -0.133. The molecule has 1 aromatic carbocycles. The summed E-state index contributed by atoms with van der Waals surface area (Å²) in [6, 6.07) is 10.2. The van der Waals surface area contributed by atoms with Crippen molar-refractivity contribution in [3.63, 3.8) is 0 Å². The Morgan fingerprint density at radius 2 is 2.00 bits per heavy atom. The number of likely N-dealkylation sites (tertiary alicyclic amines) is 1. The van der Waals surface area contributed by atoms with Crippen LogP contribution < -0.4 is 5.73 Å². The zero-order chi connectivity index (χ0) is 15.5. The van der Waals surface area contributed by atoms with Gasteiger partial charge < -0.3 is 10.6 Å². The molecular formula is C18H29ClN2O. The van der Waals surface area contributed by atoms with E-state index in [1.165, 1.54) is 0 Å². The summed E-state index contributed by atoms with van der Waals surface area (Å²) in [6.45, 7) is 8.79. The molecule has 0 radical (unpaired) electrons. The standard InChI is InChI=1S/C18H28N2O.ClH/c1-4-14(2)16(15-8-6-5-7-9-15)17(21)20-11-10-18(3,12-19)13-20;/h5-9,14,16H,4,10-13,19H2,1-3H3;1H. The van der Waals surface area contributed by atoms with E-state index in [0.717, 1.165) is 31.5 Å². The molecule has 0 aromatic heterocycles. The summed E-state index contributed by atoms with van der Waals surface area (Å²) in [4.78, 5) is 15.1. The van der Waals surface area contributed by atoms with Crippen molar-refractivity contribution in [2.24, 2.45) is 17.1 Å². The molecule has 1 aliphatic heterocycles. The Morgan fingerprint density at radius 3 is 2.50 bits per heavy atom. The van der Waals surface area contributed by atoms with Crippen LogP contribution in [0.4, 0.5) is 0 Å². The first kappa shape index (κ1) is 19.0. The van der Waals surface area contributed by atoms with Crippen LogP contribution in [-0.2, 0) is 4.79 Å². The van der Waals surface area contributed by atoms with Crippen LogP contribution in [-0.4, -0.2) is 30.4 Å². The molecule has 1 aliphatic rings. The van der Waals surface area contributed by atoms with Gasteiger partial charge in [0.15, 0.2) is 0 Å². The van der Waals surface area contributed by atoms with Crippen molar-refractivity contribution in [3.05, 3.63) is 35.9 Å². The zero-order valence-electron chi connectivity index (χ0n) is 13.9. The van der Waals surface area contributed by atoms with Crippen molar-refractivity contribution >= 4 is 18.3 Å². The lowest BCUT2D eigenvalue weighted by Crippen LogP contribution is -2.38. The van der Waals surface area contributed by atoms with E-state index in [2.05, 4.69) is 32.9 Å². The maximum atomic E-state index is 13.0. The van der Waals surface area contributed by atoms with E-state index in [-0.39, 0.29) is 29.6 Å². The second-order valence-corrected chi connectivity index (χ2v) is 6.80. The summed E-state index contributed by atoms with van der Waals surface area (Å²) in [7, 11) is 0. The maximum Gasteiger partial charge on any atom is 0.230 e. The normalized spacial score (nSPS) is 23.7. The van der Waals surface area contributed by atoms with E-state index in [9.17, 15) is 4.79 Å². The SMILES string of the molecule is CCC(C)C(C(=O)N1CCC(C)(CN)C1)c1ccccc1.Cl. The van der Waals surface area contributed by atoms with Gasteiger partial charge in [-0.25, -0.2) is 0 Å². The number of carbonyl (C=O) groups excluding carboxylic acids is 1. The molecule has 1 fully saturated rings. The summed E-state index contributed by atoms with van der Waals surface area (Å²) < 4.78 is 0. The molecule has 1 heterocycles. The second kappa shape index (κ2) is 7.98. The van der Waals surface area contributed by atoms with Gasteiger partial charge in [-0.15, -0.1) is 12.4 Å². The Bertz CT molecular complexity index is 479. The third kappa shape index (κ3) is 4.02. The van der Waals surface area contributed by atoms with E-state index in [1.54, 1.807) is 0 Å². The molecule has 2 N–H and O–H groups in total. The van der Waals surface area contributed by atoms with Crippen LogP contribution in [0.2, 0.25) is 0 Å². The lowest BCUT2D eigenvalue weighted by Gasteiger charge is -2.29. The number of rotatable bonds is 5. The van der Waals surface area contributed by atoms with Gasteiger partial charge >= 0.3 is 0 Å². The van der Waals surface area contributed by atoms with Crippen molar-refractivity contribution in [2.75, 3.05) is 19.6 Å². The van der Waals surface area contributed by atoms with Crippen LogP contribution in [0.25, 0.3) is 0 Å². The molecule has 22 heavy (non-hydrogen) atoms. The minimum absolute atomic E-state index is 0. The average Bonchev–Trinajstić information content (AvgIpc) is 2.91. The van der Waals surface area contributed by atoms with Gasteiger partial charge in [0.1, 0.15) is 0 Å². The number of benzene rings is 1. The smallest absolute Gasteiger partial charge is 0.230 e. The van der Waals surface area contributed by atoms with Gasteiger partial charge in [-0.3, -0.25) is 4.79 Å². The molecule has 4 heteroatoms. The lowest BCUT2D eigenvalue weighted by atomic mass is 9.84. The number of amides is 1. The Kier molecular flexibility index (Phi) is 6.89. The molecule has 2 rings (SSSR count). The first-order chi connectivity index (χ1) is 10.0. The minimum atomic E-state index is -0.0312. The molecule has 0 aliphatic carbocycles. The van der Waals surface area contributed by atoms with E-state index < -0.39 is 0 Å². The second-order valence-electron chi connectivity index (χ2n) is 6.80. The monoisotopic (exact) mass is 324 g/mol. The fourth-order valence-corrected chi connectivity index (χ4v) is 3.19. The van der Waals surface area contributed by atoms with Gasteiger partial charge in [0.05, 0.1) is 5.92 Å². The van der Waals surface area contributed by atoms with Crippen molar-refractivity contribution < 1.29 is 4.79 Å². The van der Waals surface area contributed by atoms with Gasteiger partial charge in [0, 0.05) is 13.1 Å². The van der Waals surface area contributed by atoms with Gasteiger partial charge in [0.2, 0.25) is 5.91 Å².